The molecule has 0 radical (unpaired) electrons. The van der Waals surface area contributed by atoms with Crippen LogP contribution in [-0.2, 0) is 16.0 Å². The third kappa shape index (κ3) is 5.42. The summed E-state index contributed by atoms with van der Waals surface area (Å²) in [4.78, 5) is 42.2. The van der Waals surface area contributed by atoms with Gasteiger partial charge in [0.25, 0.3) is 5.91 Å². The molecule has 4 rings (SSSR count). The van der Waals surface area contributed by atoms with Crippen molar-refractivity contribution in [1.82, 2.24) is 10.2 Å². The van der Waals surface area contributed by atoms with Gasteiger partial charge in [0, 0.05) is 24.5 Å². The molecule has 0 bridgehead atoms. The highest BCUT2D eigenvalue weighted by molar-refractivity contribution is 6.11. The normalized spacial score (nSPS) is 21.0. The van der Waals surface area contributed by atoms with E-state index in [1.807, 2.05) is 48.5 Å². The van der Waals surface area contributed by atoms with Crippen molar-refractivity contribution < 1.29 is 19.1 Å². The molecule has 0 saturated carbocycles. The van der Waals surface area contributed by atoms with Crippen LogP contribution in [0.2, 0.25) is 0 Å². The number of imide groups is 1. The second-order valence-corrected chi connectivity index (χ2v) is 9.55. The molecule has 8 heteroatoms. The lowest BCUT2D eigenvalue weighted by molar-refractivity contribution is -0.136. The van der Waals surface area contributed by atoms with Crippen molar-refractivity contribution in [3.63, 3.8) is 0 Å². The fourth-order valence-electron chi connectivity index (χ4n) is 4.69. The van der Waals surface area contributed by atoms with E-state index in [1.54, 1.807) is 21.0 Å². The number of aryl methyl sites for hydroxylation is 1. The van der Waals surface area contributed by atoms with E-state index in [4.69, 9.17) is 4.74 Å². The number of hydrogen-bond acceptors (Lipinski definition) is 5. The molecule has 4 amide bonds. The molecule has 2 atom stereocenters. The van der Waals surface area contributed by atoms with Crippen LogP contribution in [0.5, 0.6) is 5.75 Å². The van der Waals surface area contributed by atoms with Gasteiger partial charge in [0.05, 0.1) is 7.11 Å². The summed E-state index contributed by atoms with van der Waals surface area (Å²) < 4.78 is 5.18. The molecular weight excluding hydrogens is 444 g/mol. The Morgan fingerprint density at radius 2 is 1.71 bits per heavy atom. The van der Waals surface area contributed by atoms with E-state index in [9.17, 15) is 14.4 Å². The minimum atomic E-state index is -1.07. The summed E-state index contributed by atoms with van der Waals surface area (Å²) in [5.41, 5.74) is 1.74. The summed E-state index contributed by atoms with van der Waals surface area (Å²) in [5, 5.41) is 5.64. The maximum atomic E-state index is 13.2. The lowest BCUT2D eigenvalue weighted by atomic mass is 9.93. The number of amides is 4. The lowest BCUT2D eigenvalue weighted by Gasteiger charge is -2.29. The first-order chi connectivity index (χ1) is 16.8. The lowest BCUT2D eigenvalue weighted by Crippen LogP contribution is -2.48. The Balaban J connectivity index is 1.36. The number of benzene rings is 2. The molecule has 35 heavy (non-hydrogen) atoms. The van der Waals surface area contributed by atoms with Gasteiger partial charge in [0.15, 0.2) is 0 Å². The number of urea groups is 1. The first kappa shape index (κ1) is 24.6. The highest BCUT2D eigenvalue weighted by Gasteiger charge is 2.50. The molecule has 2 N–H and O–H groups in total. The number of hydrogen-bond donors (Lipinski definition) is 2. The molecule has 0 aliphatic carbocycles. The SMILES string of the molecule is COc1ccc(CC[C@]2(C)NC(=O)N([C@H](C)C(=O)Nc3ccc(N4CCCCC4)cc3)C2=O)cc1. The topological polar surface area (TPSA) is 91.0 Å². The molecule has 2 heterocycles. The van der Waals surface area contributed by atoms with Gasteiger partial charge in [-0.15, -0.1) is 0 Å². The number of carbonyl (C=O) groups excluding carboxylic acids is 3. The van der Waals surface area contributed by atoms with Crippen LogP contribution in [0.1, 0.15) is 45.1 Å². The zero-order valence-corrected chi connectivity index (χ0v) is 20.7. The monoisotopic (exact) mass is 478 g/mol. The standard InChI is InChI=1S/C27H34N4O4/c1-19(24(32)28-21-9-11-22(12-10-21)30-17-5-4-6-18-30)31-25(33)27(2,29-26(31)34)16-15-20-7-13-23(35-3)14-8-20/h7-14,19H,4-6,15-18H2,1-3H3,(H,28,32)(H,29,34)/t19-,27+/m1/s1. The fourth-order valence-corrected chi connectivity index (χ4v) is 4.69. The smallest absolute Gasteiger partial charge is 0.325 e. The molecule has 186 valence electrons. The van der Waals surface area contributed by atoms with Gasteiger partial charge >= 0.3 is 6.03 Å². The van der Waals surface area contributed by atoms with Crippen molar-refractivity contribution in [3.05, 3.63) is 54.1 Å². The summed E-state index contributed by atoms with van der Waals surface area (Å²) in [6, 6.07) is 13.8. The molecule has 2 aliphatic heterocycles. The number of rotatable bonds is 8. The fraction of sp³-hybridized carbons (Fsp3) is 0.444. The first-order valence-corrected chi connectivity index (χ1v) is 12.3. The van der Waals surface area contributed by atoms with Gasteiger partial charge in [-0.1, -0.05) is 12.1 Å². The van der Waals surface area contributed by atoms with Crippen molar-refractivity contribution in [2.24, 2.45) is 0 Å². The van der Waals surface area contributed by atoms with Gasteiger partial charge < -0.3 is 20.3 Å². The second-order valence-electron chi connectivity index (χ2n) is 9.55. The number of carbonyl (C=O) groups is 3. The number of piperidine rings is 1. The molecule has 2 aromatic rings. The van der Waals surface area contributed by atoms with Crippen molar-refractivity contribution in [1.29, 1.82) is 0 Å². The predicted octanol–water partition coefficient (Wildman–Crippen LogP) is 3.96. The van der Waals surface area contributed by atoms with Crippen LogP contribution in [0.15, 0.2) is 48.5 Å². The summed E-state index contributed by atoms with van der Waals surface area (Å²) in [6.07, 6.45) is 4.69. The van der Waals surface area contributed by atoms with Gasteiger partial charge in [-0.25, -0.2) is 9.69 Å². The van der Waals surface area contributed by atoms with Gasteiger partial charge in [0.1, 0.15) is 17.3 Å². The Morgan fingerprint density at radius 1 is 1.06 bits per heavy atom. The summed E-state index contributed by atoms with van der Waals surface area (Å²) in [7, 11) is 1.61. The van der Waals surface area contributed by atoms with E-state index in [2.05, 4.69) is 15.5 Å². The maximum absolute atomic E-state index is 13.2. The van der Waals surface area contributed by atoms with Crippen molar-refractivity contribution in [3.8, 4) is 5.75 Å². The van der Waals surface area contributed by atoms with E-state index >= 15 is 0 Å². The zero-order valence-electron chi connectivity index (χ0n) is 20.7. The molecule has 2 aromatic carbocycles. The third-order valence-corrected chi connectivity index (χ3v) is 6.99. The van der Waals surface area contributed by atoms with Crippen molar-refractivity contribution >= 4 is 29.2 Å². The molecule has 2 saturated heterocycles. The van der Waals surface area contributed by atoms with Gasteiger partial charge in [-0.2, -0.15) is 0 Å². The maximum Gasteiger partial charge on any atom is 0.325 e. The van der Waals surface area contributed by atoms with Crippen LogP contribution < -0.4 is 20.3 Å². The highest BCUT2D eigenvalue weighted by Crippen LogP contribution is 2.27. The average molecular weight is 479 g/mol. The summed E-state index contributed by atoms with van der Waals surface area (Å²) >= 11 is 0. The van der Waals surface area contributed by atoms with Crippen molar-refractivity contribution in [2.45, 2.75) is 57.5 Å². The Bertz CT molecular complexity index is 1060. The van der Waals surface area contributed by atoms with Crippen LogP contribution in [0.4, 0.5) is 16.2 Å². The van der Waals surface area contributed by atoms with Gasteiger partial charge in [0.2, 0.25) is 5.91 Å². The number of ether oxygens (including phenoxy) is 1. The van der Waals surface area contributed by atoms with Crippen LogP contribution in [0.3, 0.4) is 0 Å². The molecule has 2 aliphatic rings. The number of methoxy groups -OCH3 is 1. The minimum absolute atomic E-state index is 0.390. The minimum Gasteiger partial charge on any atom is -0.497 e. The largest absolute Gasteiger partial charge is 0.497 e. The number of nitrogens with one attached hydrogen (secondary N) is 2. The third-order valence-electron chi connectivity index (χ3n) is 6.99. The highest BCUT2D eigenvalue weighted by atomic mass is 16.5. The Labute approximate surface area is 206 Å². The summed E-state index contributed by atoms with van der Waals surface area (Å²) in [5.74, 6) is -0.0323. The van der Waals surface area contributed by atoms with Crippen LogP contribution >= 0.6 is 0 Å². The zero-order chi connectivity index (χ0) is 25.0. The van der Waals surface area contributed by atoms with E-state index < -0.39 is 23.5 Å². The molecule has 0 unspecified atom stereocenters. The molecule has 0 aromatic heterocycles. The van der Waals surface area contributed by atoms with E-state index in [-0.39, 0.29) is 5.91 Å². The van der Waals surface area contributed by atoms with Crippen LogP contribution in [0.25, 0.3) is 0 Å². The number of nitrogens with zero attached hydrogens (tertiary/aromatic N) is 2. The van der Waals surface area contributed by atoms with E-state index in [0.717, 1.165) is 35.0 Å². The van der Waals surface area contributed by atoms with Gasteiger partial charge in [-0.05, 0) is 87.9 Å². The summed E-state index contributed by atoms with van der Waals surface area (Å²) in [6.45, 7) is 5.38. The van der Waals surface area contributed by atoms with E-state index in [1.165, 1.54) is 19.3 Å². The Hall–Kier alpha value is -3.55. The van der Waals surface area contributed by atoms with Crippen LogP contribution in [-0.4, -0.2) is 54.5 Å². The van der Waals surface area contributed by atoms with Crippen molar-refractivity contribution in [2.75, 3.05) is 30.4 Å². The molecular formula is C27H34N4O4. The molecule has 8 nitrogen and oxygen atoms in total. The second kappa shape index (κ2) is 10.4. The van der Waals surface area contributed by atoms with E-state index in [0.29, 0.717) is 18.5 Å². The quantitative estimate of drug-likeness (QED) is 0.561. The average Bonchev–Trinajstić information content (AvgIpc) is 3.11. The Morgan fingerprint density at radius 3 is 2.34 bits per heavy atom. The predicted molar refractivity (Wildman–Crippen MR) is 136 cm³/mol. The van der Waals surface area contributed by atoms with Crippen LogP contribution in [0, 0.1) is 0 Å². The Kier molecular flexibility index (Phi) is 7.28. The van der Waals surface area contributed by atoms with Gasteiger partial charge in [-0.3, -0.25) is 9.59 Å². The first-order valence-electron chi connectivity index (χ1n) is 12.3. The molecule has 0 spiro atoms. The molecule has 2 fully saturated rings. The number of anilines is 2.